The zero-order valence-corrected chi connectivity index (χ0v) is 18.6. The van der Waals surface area contributed by atoms with Gasteiger partial charge >= 0.3 is 0 Å². The Kier molecular flexibility index (Phi) is 4.82. The van der Waals surface area contributed by atoms with E-state index < -0.39 is 0 Å². The molecule has 0 spiro atoms. The molecule has 1 aliphatic heterocycles. The third kappa shape index (κ3) is 3.51. The van der Waals surface area contributed by atoms with Crippen LogP contribution in [0.15, 0.2) is 66.7 Å². The summed E-state index contributed by atoms with van der Waals surface area (Å²) in [6, 6.07) is 23.1. The lowest BCUT2D eigenvalue weighted by molar-refractivity contribution is 0.215. The van der Waals surface area contributed by atoms with Crippen LogP contribution in [-0.4, -0.2) is 35.1 Å². The van der Waals surface area contributed by atoms with Crippen LogP contribution in [0.1, 0.15) is 11.3 Å². The molecule has 0 unspecified atom stereocenters. The molecule has 6 heteroatoms. The van der Waals surface area contributed by atoms with E-state index >= 15 is 0 Å². The molecule has 0 radical (unpaired) electrons. The summed E-state index contributed by atoms with van der Waals surface area (Å²) in [6.07, 6.45) is 0. The zero-order valence-electron chi connectivity index (χ0n) is 17.8. The molecule has 0 bridgehead atoms. The quantitative estimate of drug-likeness (QED) is 0.380. The SMILES string of the molecule is COc1cc(-c2nc3ccccc3s2)cc2c1OCCN(Cc1cc3ccccc3[nH]1)C2. The molecule has 5 nitrogen and oxygen atoms in total. The number of fused-ring (bicyclic) bond motifs is 3. The van der Waals surface area contributed by atoms with E-state index in [1.54, 1.807) is 18.4 Å². The van der Waals surface area contributed by atoms with Gasteiger partial charge < -0.3 is 14.5 Å². The second-order valence-electron chi connectivity index (χ2n) is 8.09. The lowest BCUT2D eigenvalue weighted by Gasteiger charge is -2.19. The van der Waals surface area contributed by atoms with Crippen molar-refractivity contribution in [3.05, 3.63) is 78.0 Å². The van der Waals surface area contributed by atoms with Crippen LogP contribution in [0.5, 0.6) is 11.5 Å². The van der Waals surface area contributed by atoms with Gasteiger partial charge in [0.2, 0.25) is 0 Å². The number of thiazole rings is 1. The number of benzene rings is 3. The van der Waals surface area contributed by atoms with Crippen LogP contribution in [-0.2, 0) is 13.1 Å². The summed E-state index contributed by atoms with van der Waals surface area (Å²) in [7, 11) is 1.70. The Bertz CT molecular complexity index is 1360. The van der Waals surface area contributed by atoms with Crippen molar-refractivity contribution in [3.8, 4) is 22.1 Å². The molecule has 1 aliphatic rings. The fourth-order valence-corrected chi connectivity index (χ4v) is 5.36. The van der Waals surface area contributed by atoms with Crippen LogP contribution in [0.25, 0.3) is 31.7 Å². The maximum atomic E-state index is 6.15. The topological polar surface area (TPSA) is 50.4 Å². The van der Waals surface area contributed by atoms with Gasteiger partial charge in [-0.1, -0.05) is 30.3 Å². The van der Waals surface area contributed by atoms with Crippen molar-refractivity contribution < 1.29 is 9.47 Å². The first kappa shape index (κ1) is 19.3. The van der Waals surface area contributed by atoms with Crippen LogP contribution in [0.4, 0.5) is 0 Å². The lowest BCUT2D eigenvalue weighted by atomic mass is 10.1. The van der Waals surface area contributed by atoms with E-state index in [4.69, 9.17) is 14.5 Å². The second kappa shape index (κ2) is 7.97. The van der Waals surface area contributed by atoms with Gasteiger partial charge in [-0.15, -0.1) is 11.3 Å². The molecule has 3 aromatic carbocycles. The number of para-hydroxylation sites is 2. The van der Waals surface area contributed by atoms with Crippen LogP contribution in [0, 0.1) is 0 Å². The molecule has 0 aliphatic carbocycles. The van der Waals surface area contributed by atoms with Crippen molar-refractivity contribution in [2.75, 3.05) is 20.3 Å². The summed E-state index contributed by atoms with van der Waals surface area (Å²) in [4.78, 5) is 10.8. The Labute approximate surface area is 190 Å². The molecular weight excluding hydrogens is 418 g/mol. The summed E-state index contributed by atoms with van der Waals surface area (Å²) in [5.41, 5.74) is 5.61. The van der Waals surface area contributed by atoms with Gasteiger partial charge in [-0.25, -0.2) is 4.98 Å². The number of methoxy groups -OCH3 is 1. The summed E-state index contributed by atoms with van der Waals surface area (Å²) >= 11 is 1.71. The molecule has 0 amide bonds. The van der Waals surface area contributed by atoms with E-state index in [0.717, 1.165) is 52.8 Å². The van der Waals surface area contributed by atoms with Gasteiger partial charge in [0.25, 0.3) is 0 Å². The minimum atomic E-state index is 0.629. The van der Waals surface area contributed by atoms with Crippen molar-refractivity contribution in [1.29, 1.82) is 0 Å². The maximum absolute atomic E-state index is 6.15. The van der Waals surface area contributed by atoms with Gasteiger partial charge in [0.05, 0.1) is 17.3 Å². The molecule has 6 rings (SSSR count). The molecule has 5 aromatic rings. The van der Waals surface area contributed by atoms with Gasteiger partial charge in [0.15, 0.2) is 11.5 Å². The molecule has 0 saturated heterocycles. The Morgan fingerprint density at radius 1 is 1.09 bits per heavy atom. The average Bonchev–Trinajstić information content (AvgIpc) is 3.37. The lowest BCUT2D eigenvalue weighted by Crippen LogP contribution is -2.25. The van der Waals surface area contributed by atoms with E-state index in [0.29, 0.717) is 6.61 Å². The highest BCUT2D eigenvalue weighted by Crippen LogP contribution is 2.40. The largest absolute Gasteiger partial charge is 0.493 e. The number of aromatic amines is 1. The monoisotopic (exact) mass is 441 g/mol. The molecule has 160 valence electrons. The normalized spacial score (nSPS) is 14.3. The van der Waals surface area contributed by atoms with Crippen LogP contribution >= 0.6 is 11.3 Å². The Morgan fingerprint density at radius 2 is 1.97 bits per heavy atom. The van der Waals surface area contributed by atoms with Gasteiger partial charge in [0.1, 0.15) is 11.6 Å². The summed E-state index contributed by atoms with van der Waals surface area (Å²) in [5, 5.41) is 2.24. The number of ether oxygens (including phenoxy) is 2. The fourth-order valence-electron chi connectivity index (χ4n) is 4.40. The van der Waals surface area contributed by atoms with Crippen molar-refractivity contribution in [2.45, 2.75) is 13.1 Å². The first-order chi connectivity index (χ1) is 15.8. The minimum absolute atomic E-state index is 0.629. The second-order valence-corrected chi connectivity index (χ2v) is 9.13. The van der Waals surface area contributed by atoms with Gasteiger partial charge in [-0.05, 0) is 41.8 Å². The van der Waals surface area contributed by atoms with E-state index in [1.807, 2.05) is 12.1 Å². The highest BCUT2D eigenvalue weighted by Gasteiger charge is 2.22. The van der Waals surface area contributed by atoms with E-state index in [1.165, 1.54) is 21.3 Å². The standard InChI is InChI=1S/C26H23N3O2S/c1-30-23-14-18(26-28-22-8-4-5-9-24(22)32-26)12-19-15-29(10-11-31-25(19)23)16-20-13-17-6-2-3-7-21(17)27-20/h2-9,12-14,27H,10-11,15-16H2,1H3. The Hall–Kier alpha value is -3.35. The van der Waals surface area contributed by atoms with Crippen molar-refractivity contribution in [1.82, 2.24) is 14.9 Å². The third-order valence-electron chi connectivity index (χ3n) is 5.92. The van der Waals surface area contributed by atoms with E-state index in [2.05, 4.69) is 64.5 Å². The summed E-state index contributed by atoms with van der Waals surface area (Å²) < 4.78 is 13.1. The number of hydrogen-bond donors (Lipinski definition) is 1. The predicted octanol–water partition coefficient (Wildman–Crippen LogP) is 5.85. The third-order valence-corrected chi connectivity index (χ3v) is 7.01. The van der Waals surface area contributed by atoms with E-state index in [9.17, 15) is 0 Å². The van der Waals surface area contributed by atoms with Gasteiger partial charge in [-0.2, -0.15) is 0 Å². The molecule has 3 heterocycles. The van der Waals surface area contributed by atoms with Gasteiger partial charge in [0, 0.05) is 42.0 Å². The summed E-state index contributed by atoms with van der Waals surface area (Å²) in [5.74, 6) is 1.61. The maximum Gasteiger partial charge on any atom is 0.165 e. The number of rotatable bonds is 4. The number of hydrogen-bond acceptors (Lipinski definition) is 5. The molecular formula is C26H23N3O2S. The molecule has 1 N–H and O–H groups in total. The molecule has 2 aromatic heterocycles. The first-order valence-electron chi connectivity index (χ1n) is 10.8. The molecule has 0 saturated carbocycles. The van der Waals surface area contributed by atoms with Crippen molar-refractivity contribution >= 4 is 32.5 Å². The zero-order chi connectivity index (χ0) is 21.5. The number of nitrogens with zero attached hydrogens (tertiary/aromatic N) is 2. The highest BCUT2D eigenvalue weighted by atomic mass is 32.1. The van der Waals surface area contributed by atoms with Crippen molar-refractivity contribution in [3.63, 3.8) is 0 Å². The van der Waals surface area contributed by atoms with Crippen LogP contribution in [0.2, 0.25) is 0 Å². The Morgan fingerprint density at radius 3 is 2.84 bits per heavy atom. The van der Waals surface area contributed by atoms with Crippen LogP contribution < -0.4 is 9.47 Å². The van der Waals surface area contributed by atoms with Gasteiger partial charge in [-0.3, -0.25) is 4.90 Å². The Balaban J connectivity index is 1.34. The molecule has 0 atom stereocenters. The minimum Gasteiger partial charge on any atom is -0.493 e. The highest BCUT2D eigenvalue weighted by molar-refractivity contribution is 7.21. The average molecular weight is 442 g/mol. The number of nitrogens with one attached hydrogen (secondary N) is 1. The van der Waals surface area contributed by atoms with E-state index in [-0.39, 0.29) is 0 Å². The molecule has 32 heavy (non-hydrogen) atoms. The smallest absolute Gasteiger partial charge is 0.165 e. The number of aromatic nitrogens is 2. The number of H-pyrrole nitrogens is 1. The summed E-state index contributed by atoms with van der Waals surface area (Å²) in [6.45, 7) is 3.11. The molecule has 0 fully saturated rings. The van der Waals surface area contributed by atoms with Crippen molar-refractivity contribution in [2.24, 2.45) is 0 Å². The fraction of sp³-hybridized carbons (Fsp3) is 0.192. The predicted molar refractivity (Wildman–Crippen MR) is 130 cm³/mol. The first-order valence-corrected chi connectivity index (χ1v) is 11.6. The van der Waals surface area contributed by atoms with Crippen LogP contribution in [0.3, 0.4) is 0 Å².